The van der Waals surface area contributed by atoms with Crippen molar-refractivity contribution in [2.24, 2.45) is 5.73 Å². The van der Waals surface area contributed by atoms with Crippen LogP contribution in [0.4, 0.5) is 0 Å². The molecule has 3 heterocycles. The summed E-state index contributed by atoms with van der Waals surface area (Å²) in [5, 5.41) is 4.92. The molecule has 0 saturated carbocycles. The first-order chi connectivity index (χ1) is 14.3. The van der Waals surface area contributed by atoms with Crippen LogP contribution in [0.25, 0.3) is 0 Å². The van der Waals surface area contributed by atoms with Gasteiger partial charge in [-0.15, -0.1) is 0 Å². The molecule has 1 atom stereocenters. The van der Waals surface area contributed by atoms with Crippen LogP contribution in [0.1, 0.15) is 35.6 Å². The highest BCUT2D eigenvalue weighted by molar-refractivity contribution is 6.30. The van der Waals surface area contributed by atoms with Crippen LogP contribution in [-0.4, -0.2) is 58.6 Å². The molecule has 1 aromatic heterocycles. The monoisotopic (exact) mass is 431 g/mol. The SMILES string of the molecule is CN(C)C(=O)Cn1cc(CN2CCC3(CC2)OC(C(N)=O)c2ccc(Cl)cc23)cn1. The van der Waals surface area contributed by atoms with E-state index in [4.69, 9.17) is 22.1 Å². The third-order valence-electron chi connectivity index (χ3n) is 5.94. The van der Waals surface area contributed by atoms with Crippen LogP contribution in [0.2, 0.25) is 5.02 Å². The number of hydrogen-bond donors (Lipinski definition) is 1. The zero-order chi connectivity index (χ0) is 21.5. The van der Waals surface area contributed by atoms with Crippen molar-refractivity contribution < 1.29 is 14.3 Å². The van der Waals surface area contributed by atoms with Crippen molar-refractivity contribution in [2.75, 3.05) is 27.2 Å². The number of nitrogens with two attached hydrogens (primary N) is 1. The largest absolute Gasteiger partial charge is 0.367 e. The lowest BCUT2D eigenvalue weighted by atomic mass is 9.83. The second kappa shape index (κ2) is 8.02. The van der Waals surface area contributed by atoms with Crippen LogP contribution in [0.5, 0.6) is 0 Å². The molecule has 2 amide bonds. The number of carbonyl (C=O) groups excluding carboxylic acids is 2. The number of nitrogens with zero attached hydrogens (tertiary/aromatic N) is 4. The average molecular weight is 432 g/mol. The Morgan fingerprint density at radius 3 is 2.73 bits per heavy atom. The number of rotatable bonds is 5. The maximum absolute atomic E-state index is 11.9. The lowest BCUT2D eigenvalue weighted by Crippen LogP contribution is -2.42. The van der Waals surface area contributed by atoms with Crippen LogP contribution in [0.15, 0.2) is 30.6 Å². The highest BCUT2D eigenvalue weighted by Crippen LogP contribution is 2.50. The van der Waals surface area contributed by atoms with Crippen LogP contribution < -0.4 is 5.73 Å². The van der Waals surface area contributed by atoms with Crippen molar-refractivity contribution in [1.29, 1.82) is 0 Å². The van der Waals surface area contributed by atoms with E-state index in [0.29, 0.717) is 5.02 Å². The normalized spacial score (nSPS) is 20.3. The van der Waals surface area contributed by atoms with Crippen LogP contribution in [0.3, 0.4) is 0 Å². The maximum Gasteiger partial charge on any atom is 0.251 e. The first kappa shape index (κ1) is 20.8. The number of fused-ring (bicyclic) bond motifs is 2. The maximum atomic E-state index is 11.9. The van der Waals surface area contributed by atoms with E-state index in [1.165, 1.54) is 0 Å². The van der Waals surface area contributed by atoms with E-state index in [0.717, 1.165) is 49.2 Å². The van der Waals surface area contributed by atoms with Crippen molar-refractivity contribution in [1.82, 2.24) is 19.6 Å². The van der Waals surface area contributed by atoms with Crippen molar-refractivity contribution >= 4 is 23.4 Å². The van der Waals surface area contributed by atoms with Gasteiger partial charge < -0.3 is 15.4 Å². The van der Waals surface area contributed by atoms with E-state index in [9.17, 15) is 9.59 Å². The summed E-state index contributed by atoms with van der Waals surface area (Å²) in [6.07, 6.45) is 4.49. The molecule has 1 aromatic carbocycles. The predicted octanol–water partition coefficient (Wildman–Crippen LogP) is 1.67. The fourth-order valence-electron chi connectivity index (χ4n) is 4.29. The lowest BCUT2D eigenvalue weighted by molar-refractivity contribution is -0.148. The summed E-state index contributed by atoms with van der Waals surface area (Å²) in [5.41, 5.74) is 7.92. The third-order valence-corrected chi connectivity index (χ3v) is 6.18. The van der Waals surface area contributed by atoms with Gasteiger partial charge in [-0.3, -0.25) is 19.2 Å². The quantitative estimate of drug-likeness (QED) is 0.777. The summed E-state index contributed by atoms with van der Waals surface area (Å²) in [5.74, 6) is -0.471. The van der Waals surface area contributed by atoms with Gasteiger partial charge >= 0.3 is 0 Å². The highest BCUT2D eigenvalue weighted by atomic mass is 35.5. The Morgan fingerprint density at radius 2 is 2.07 bits per heavy atom. The van der Waals surface area contributed by atoms with Gasteiger partial charge in [-0.05, 0) is 36.1 Å². The summed E-state index contributed by atoms with van der Waals surface area (Å²) in [7, 11) is 3.46. The topological polar surface area (TPSA) is 93.7 Å². The molecule has 8 nitrogen and oxygen atoms in total. The van der Waals surface area contributed by atoms with Gasteiger partial charge in [0.1, 0.15) is 6.54 Å². The number of ether oxygens (including phenoxy) is 1. The molecule has 2 N–H and O–H groups in total. The molecule has 1 saturated heterocycles. The van der Waals surface area contributed by atoms with Crippen molar-refractivity contribution in [3.63, 3.8) is 0 Å². The molecule has 4 rings (SSSR count). The van der Waals surface area contributed by atoms with Gasteiger partial charge in [-0.25, -0.2) is 0 Å². The summed E-state index contributed by atoms with van der Waals surface area (Å²) in [6, 6.07) is 5.52. The number of piperidine rings is 1. The molecule has 2 aromatic rings. The first-order valence-electron chi connectivity index (χ1n) is 9.98. The Kier molecular flexibility index (Phi) is 5.57. The summed E-state index contributed by atoms with van der Waals surface area (Å²) in [4.78, 5) is 27.6. The molecule has 1 spiro atoms. The number of primary amides is 1. The minimum absolute atomic E-state index is 0.00396. The van der Waals surface area contributed by atoms with Gasteiger partial charge in [0.05, 0.1) is 11.8 Å². The molecule has 1 unspecified atom stereocenters. The van der Waals surface area contributed by atoms with Gasteiger partial charge in [0.25, 0.3) is 5.91 Å². The Labute approximate surface area is 180 Å². The molecule has 2 aliphatic heterocycles. The molecular weight excluding hydrogens is 406 g/mol. The van der Waals surface area contributed by atoms with Crippen molar-refractivity contribution in [2.45, 2.75) is 37.6 Å². The van der Waals surface area contributed by atoms with E-state index in [-0.39, 0.29) is 12.5 Å². The number of benzene rings is 1. The van der Waals surface area contributed by atoms with E-state index < -0.39 is 17.6 Å². The van der Waals surface area contributed by atoms with Crippen LogP contribution >= 0.6 is 11.6 Å². The summed E-state index contributed by atoms with van der Waals surface area (Å²) >= 11 is 6.23. The number of halogens is 1. The van der Waals surface area contributed by atoms with Crippen molar-refractivity contribution in [3.05, 3.63) is 52.3 Å². The zero-order valence-corrected chi connectivity index (χ0v) is 17.9. The van der Waals surface area contributed by atoms with Crippen molar-refractivity contribution in [3.8, 4) is 0 Å². The predicted molar refractivity (Wildman–Crippen MR) is 112 cm³/mol. The summed E-state index contributed by atoms with van der Waals surface area (Å²) < 4.78 is 7.89. The number of likely N-dealkylation sites (tertiary alicyclic amines) is 1. The second-order valence-corrected chi connectivity index (χ2v) is 8.67. The number of carbonyl (C=O) groups is 2. The highest BCUT2D eigenvalue weighted by Gasteiger charge is 2.48. The molecule has 9 heteroatoms. The Balaban J connectivity index is 1.42. The summed E-state index contributed by atoms with van der Waals surface area (Å²) in [6.45, 7) is 2.59. The van der Waals surface area contributed by atoms with Crippen LogP contribution in [-0.2, 0) is 33.0 Å². The molecular formula is C21H26ClN5O3. The number of aromatic nitrogens is 2. The van der Waals surface area contributed by atoms with Gasteiger partial charge in [0.15, 0.2) is 6.10 Å². The third kappa shape index (κ3) is 3.95. The smallest absolute Gasteiger partial charge is 0.251 e. The Bertz CT molecular complexity index is 965. The minimum Gasteiger partial charge on any atom is -0.367 e. The first-order valence-corrected chi connectivity index (χ1v) is 10.4. The molecule has 0 radical (unpaired) electrons. The Morgan fingerprint density at radius 1 is 1.33 bits per heavy atom. The molecule has 2 aliphatic rings. The van der Waals surface area contributed by atoms with Gasteiger partial charge in [0, 0.05) is 50.5 Å². The molecule has 160 valence electrons. The van der Waals surface area contributed by atoms with E-state index in [1.54, 1.807) is 35.9 Å². The molecule has 0 aliphatic carbocycles. The van der Waals surface area contributed by atoms with Gasteiger partial charge in [-0.2, -0.15) is 5.10 Å². The Hall–Kier alpha value is -2.42. The molecule has 30 heavy (non-hydrogen) atoms. The number of likely N-dealkylation sites (N-methyl/N-ethyl adjacent to an activating group) is 1. The van der Waals surface area contributed by atoms with Gasteiger partial charge in [0.2, 0.25) is 5.91 Å². The standard InChI is InChI=1S/C21H26ClN5O3/c1-25(2)18(28)13-27-12-14(10-24-27)11-26-7-5-21(6-8-26)17-9-15(22)3-4-16(17)19(30-21)20(23)29/h3-4,9-10,12,19H,5-8,11,13H2,1-2H3,(H2,23,29). The van der Waals surface area contributed by atoms with Gasteiger partial charge in [-0.1, -0.05) is 17.7 Å². The van der Waals surface area contributed by atoms with E-state index in [1.807, 2.05) is 18.3 Å². The van der Waals surface area contributed by atoms with Crippen LogP contribution in [0, 0.1) is 0 Å². The minimum atomic E-state index is -0.726. The van der Waals surface area contributed by atoms with E-state index >= 15 is 0 Å². The molecule has 1 fully saturated rings. The average Bonchev–Trinajstić information content (AvgIpc) is 3.26. The van der Waals surface area contributed by atoms with E-state index in [2.05, 4.69) is 10.00 Å². The lowest BCUT2D eigenvalue weighted by Gasteiger charge is -2.39. The molecule has 0 bridgehead atoms. The number of hydrogen-bond acceptors (Lipinski definition) is 5. The zero-order valence-electron chi connectivity index (χ0n) is 17.2. The second-order valence-electron chi connectivity index (χ2n) is 8.24. The fraction of sp³-hybridized carbons (Fsp3) is 0.476. The fourth-order valence-corrected chi connectivity index (χ4v) is 4.46. The number of amides is 2.